The molecule has 1 unspecified atom stereocenters. The number of hydrogen-bond donors (Lipinski definition) is 2. The number of alkyl halides is 2. The molecule has 1 fully saturated rings. The van der Waals surface area contributed by atoms with Crippen molar-refractivity contribution in [2.45, 2.75) is 31.2 Å². The number of nitrogens with one attached hydrogen (secondary N) is 1. The highest BCUT2D eigenvalue weighted by Gasteiger charge is 2.48. The van der Waals surface area contributed by atoms with Crippen molar-refractivity contribution in [3.63, 3.8) is 0 Å². The van der Waals surface area contributed by atoms with Gasteiger partial charge in [0.25, 0.3) is 5.91 Å². The number of piperidine rings is 1. The summed E-state index contributed by atoms with van der Waals surface area (Å²) >= 11 is 0.894. The summed E-state index contributed by atoms with van der Waals surface area (Å²) in [6, 6.07) is 1.29. The number of nitrogen functional groups attached to an aromatic ring is 1. The zero-order valence-corrected chi connectivity index (χ0v) is 12.4. The molecule has 22 heavy (non-hydrogen) atoms. The minimum absolute atomic E-state index is 0.0197. The van der Waals surface area contributed by atoms with Crippen molar-refractivity contribution in [1.29, 1.82) is 0 Å². The molecule has 0 bridgehead atoms. The molecule has 118 valence electrons. The number of aromatic amines is 1. The average Bonchev–Trinajstić information content (AvgIpc) is 3.18. The van der Waals surface area contributed by atoms with E-state index in [1.165, 1.54) is 4.90 Å². The Morgan fingerprint density at radius 3 is 2.95 bits per heavy atom. The summed E-state index contributed by atoms with van der Waals surface area (Å²) in [6.45, 7) is 0.289. The first-order chi connectivity index (χ1) is 10.5. The van der Waals surface area contributed by atoms with Gasteiger partial charge in [0.05, 0.1) is 11.7 Å². The average molecular weight is 327 g/mol. The van der Waals surface area contributed by atoms with Gasteiger partial charge in [0.2, 0.25) is 0 Å². The Morgan fingerprint density at radius 1 is 1.50 bits per heavy atom. The molecule has 0 aromatic carbocycles. The quantitative estimate of drug-likeness (QED) is 0.905. The SMILES string of the molecule is Nc1nc(C(F)(F)C(=O)N2CCCCC2c2ccn[nH]2)cs1. The fourth-order valence-corrected chi connectivity index (χ4v) is 3.26. The minimum Gasteiger partial charge on any atom is -0.375 e. The van der Waals surface area contributed by atoms with Crippen molar-refractivity contribution in [3.8, 4) is 0 Å². The number of halogens is 2. The van der Waals surface area contributed by atoms with Gasteiger partial charge in [0.15, 0.2) is 5.13 Å². The molecule has 9 heteroatoms. The number of hydrogen-bond acceptors (Lipinski definition) is 5. The van der Waals surface area contributed by atoms with Gasteiger partial charge in [-0.05, 0) is 25.3 Å². The van der Waals surface area contributed by atoms with E-state index in [1.54, 1.807) is 12.3 Å². The first-order valence-electron chi connectivity index (χ1n) is 6.90. The zero-order chi connectivity index (χ0) is 15.7. The monoisotopic (exact) mass is 327 g/mol. The lowest BCUT2D eigenvalue weighted by Crippen LogP contribution is -2.46. The Hall–Kier alpha value is -2.03. The van der Waals surface area contributed by atoms with Crippen LogP contribution >= 0.6 is 11.3 Å². The second-order valence-electron chi connectivity index (χ2n) is 5.17. The second-order valence-corrected chi connectivity index (χ2v) is 6.06. The van der Waals surface area contributed by atoms with Crippen LogP contribution < -0.4 is 5.73 Å². The molecule has 6 nitrogen and oxygen atoms in total. The number of likely N-dealkylation sites (tertiary alicyclic amines) is 1. The molecule has 1 atom stereocenters. The van der Waals surface area contributed by atoms with E-state index in [2.05, 4.69) is 15.2 Å². The third kappa shape index (κ3) is 2.56. The number of nitrogens with two attached hydrogens (primary N) is 1. The summed E-state index contributed by atoms with van der Waals surface area (Å²) in [5.74, 6) is -4.92. The van der Waals surface area contributed by atoms with Crippen molar-refractivity contribution in [2.75, 3.05) is 12.3 Å². The van der Waals surface area contributed by atoms with Crippen LogP contribution in [0.15, 0.2) is 17.6 Å². The Kier molecular flexibility index (Phi) is 3.81. The lowest BCUT2D eigenvalue weighted by atomic mass is 9.98. The van der Waals surface area contributed by atoms with E-state index >= 15 is 0 Å². The highest BCUT2D eigenvalue weighted by molar-refractivity contribution is 7.13. The van der Waals surface area contributed by atoms with E-state index in [0.29, 0.717) is 18.5 Å². The molecular weight excluding hydrogens is 312 g/mol. The maximum absolute atomic E-state index is 14.4. The zero-order valence-electron chi connectivity index (χ0n) is 11.6. The van der Waals surface area contributed by atoms with E-state index < -0.39 is 23.6 Å². The normalized spacial score (nSPS) is 19.4. The van der Waals surface area contributed by atoms with Gasteiger partial charge in [-0.3, -0.25) is 9.89 Å². The molecule has 1 saturated heterocycles. The Balaban J connectivity index is 1.88. The van der Waals surface area contributed by atoms with Gasteiger partial charge in [0.1, 0.15) is 5.69 Å². The van der Waals surface area contributed by atoms with E-state index in [1.807, 2.05) is 0 Å². The number of anilines is 1. The standard InChI is InChI=1S/C13H15F2N5OS/c14-13(15,10-7-22-12(16)18-10)11(21)20-6-2-1-3-9(20)8-4-5-17-19-8/h4-5,7,9H,1-3,6H2,(H2,16,18)(H,17,19). The molecule has 0 spiro atoms. The molecule has 1 amide bonds. The van der Waals surface area contributed by atoms with Crippen molar-refractivity contribution in [3.05, 3.63) is 29.0 Å². The first-order valence-corrected chi connectivity index (χ1v) is 7.77. The topological polar surface area (TPSA) is 87.9 Å². The van der Waals surface area contributed by atoms with Crippen molar-refractivity contribution in [2.24, 2.45) is 0 Å². The molecule has 2 aromatic rings. The molecule has 0 radical (unpaired) electrons. The number of amides is 1. The van der Waals surface area contributed by atoms with E-state index in [9.17, 15) is 13.6 Å². The van der Waals surface area contributed by atoms with E-state index in [-0.39, 0.29) is 11.7 Å². The van der Waals surface area contributed by atoms with E-state index in [4.69, 9.17) is 5.73 Å². The lowest BCUT2D eigenvalue weighted by molar-refractivity contribution is -0.163. The summed E-state index contributed by atoms with van der Waals surface area (Å²) in [4.78, 5) is 17.2. The van der Waals surface area contributed by atoms with Gasteiger partial charge < -0.3 is 10.6 Å². The summed E-state index contributed by atoms with van der Waals surface area (Å²) in [5, 5.41) is 7.75. The fourth-order valence-electron chi connectivity index (χ4n) is 2.67. The lowest BCUT2D eigenvalue weighted by Gasteiger charge is -2.36. The number of H-pyrrole nitrogens is 1. The van der Waals surface area contributed by atoms with Crippen LogP contribution in [0.1, 0.15) is 36.7 Å². The number of nitrogens with zero attached hydrogens (tertiary/aromatic N) is 3. The van der Waals surface area contributed by atoms with Crippen LogP contribution in [-0.2, 0) is 10.7 Å². The van der Waals surface area contributed by atoms with Gasteiger partial charge in [-0.15, -0.1) is 11.3 Å². The van der Waals surface area contributed by atoms with Crippen LogP contribution in [0.5, 0.6) is 0 Å². The molecule has 1 aliphatic rings. The summed E-state index contributed by atoms with van der Waals surface area (Å²) < 4.78 is 28.9. The van der Waals surface area contributed by atoms with Crippen LogP contribution in [0.3, 0.4) is 0 Å². The number of rotatable bonds is 3. The smallest absolute Gasteiger partial charge is 0.367 e. The Bertz CT molecular complexity index is 657. The van der Waals surface area contributed by atoms with Gasteiger partial charge in [-0.2, -0.15) is 13.9 Å². The predicted molar refractivity (Wildman–Crippen MR) is 77.3 cm³/mol. The predicted octanol–water partition coefficient (Wildman–Crippen LogP) is 2.29. The molecular formula is C13H15F2N5OS. The highest BCUT2D eigenvalue weighted by atomic mass is 32.1. The molecule has 0 aliphatic carbocycles. The van der Waals surface area contributed by atoms with E-state index in [0.717, 1.165) is 23.1 Å². The maximum atomic E-state index is 14.4. The molecule has 3 rings (SSSR count). The van der Waals surface area contributed by atoms with Crippen LogP contribution in [0.2, 0.25) is 0 Å². The van der Waals surface area contributed by atoms with Crippen LogP contribution in [0.4, 0.5) is 13.9 Å². The van der Waals surface area contributed by atoms with Crippen molar-refractivity contribution in [1.82, 2.24) is 20.1 Å². The third-order valence-electron chi connectivity index (χ3n) is 3.76. The molecule has 3 heterocycles. The number of aromatic nitrogens is 3. The number of thiazole rings is 1. The minimum atomic E-state index is -3.68. The maximum Gasteiger partial charge on any atom is 0.367 e. The van der Waals surface area contributed by atoms with Gasteiger partial charge >= 0.3 is 5.92 Å². The molecule has 3 N–H and O–H groups in total. The summed E-state index contributed by atoms with van der Waals surface area (Å²) in [7, 11) is 0. The van der Waals surface area contributed by atoms with Gasteiger partial charge in [-0.1, -0.05) is 0 Å². The first kappa shape index (κ1) is 14.9. The molecule has 0 saturated carbocycles. The fraction of sp³-hybridized carbons (Fsp3) is 0.462. The van der Waals surface area contributed by atoms with Gasteiger partial charge in [0, 0.05) is 18.1 Å². The molecule has 2 aromatic heterocycles. The van der Waals surface area contributed by atoms with Crippen LogP contribution in [0.25, 0.3) is 0 Å². The Morgan fingerprint density at radius 2 is 2.32 bits per heavy atom. The van der Waals surface area contributed by atoms with Gasteiger partial charge in [-0.25, -0.2) is 4.98 Å². The third-order valence-corrected chi connectivity index (χ3v) is 4.43. The summed E-state index contributed by atoms with van der Waals surface area (Å²) in [5.41, 5.74) is 5.47. The second kappa shape index (κ2) is 5.64. The Labute approximate surface area is 129 Å². The van der Waals surface area contributed by atoms with Crippen molar-refractivity contribution >= 4 is 22.4 Å². The largest absolute Gasteiger partial charge is 0.375 e. The summed E-state index contributed by atoms with van der Waals surface area (Å²) in [6.07, 6.45) is 3.75. The van der Waals surface area contributed by atoms with Crippen molar-refractivity contribution < 1.29 is 13.6 Å². The van der Waals surface area contributed by atoms with Crippen LogP contribution in [0, 0.1) is 0 Å². The van der Waals surface area contributed by atoms with Crippen LogP contribution in [-0.4, -0.2) is 32.5 Å². The molecule has 1 aliphatic heterocycles. The number of carbonyl (C=O) groups is 1. The number of carbonyl (C=O) groups excluding carboxylic acids is 1. The highest BCUT2D eigenvalue weighted by Crippen LogP contribution is 2.37.